The Kier molecular flexibility index (Phi) is 4.58. The van der Waals surface area contributed by atoms with Crippen LogP contribution in [0.5, 0.6) is 0 Å². The first kappa shape index (κ1) is 15.1. The van der Waals surface area contributed by atoms with Crippen molar-refractivity contribution < 1.29 is 0 Å². The minimum atomic E-state index is 0.572. The minimum Gasteiger partial charge on any atom is -0.361 e. The average molecular weight is 324 g/mol. The molecule has 2 N–H and O–H groups in total. The summed E-state index contributed by atoms with van der Waals surface area (Å²) < 4.78 is 0.572. The van der Waals surface area contributed by atoms with Gasteiger partial charge in [0.05, 0.1) is 23.6 Å². The predicted octanol–water partition coefficient (Wildman–Crippen LogP) is 2.91. The number of rotatable bonds is 1. The van der Waals surface area contributed by atoms with Gasteiger partial charge in [0.1, 0.15) is 17.0 Å². The molecule has 0 radical (unpaired) electrons. The first-order chi connectivity index (χ1) is 11.2. The number of nitrogens with zero attached hydrogens (tertiary/aromatic N) is 4. The van der Waals surface area contributed by atoms with E-state index in [4.69, 9.17) is 12.2 Å². The molecule has 0 amide bonds. The third-order valence-electron chi connectivity index (χ3n) is 3.28. The second-order valence-electron chi connectivity index (χ2n) is 4.99. The number of aromatic nitrogens is 4. The summed E-state index contributed by atoms with van der Waals surface area (Å²) in [6.07, 6.45) is 7.29. The monoisotopic (exact) mass is 324 g/mol. The number of benzene rings is 1. The lowest BCUT2D eigenvalue weighted by atomic mass is 10.1. The lowest BCUT2D eigenvalue weighted by Gasteiger charge is -2.16. The van der Waals surface area contributed by atoms with Crippen LogP contribution >= 0.6 is 12.2 Å². The van der Waals surface area contributed by atoms with Gasteiger partial charge in [-0.3, -0.25) is 10.1 Å². The number of H-pyrrole nitrogens is 2. The maximum Gasteiger partial charge on any atom is 0.140 e. The van der Waals surface area contributed by atoms with Crippen molar-refractivity contribution in [2.45, 2.75) is 0 Å². The van der Waals surface area contributed by atoms with Crippen LogP contribution in [0.3, 0.4) is 0 Å². The van der Waals surface area contributed by atoms with E-state index < -0.39 is 0 Å². The standard InChI is InChI=1S/C11H12N2.C5H4N4S/c1-13-8-7-11(12-9-13)10-5-3-2-4-6-10;10-5-3-1-8-9-4(3)6-2-7-5/h2-8H,9H2,1H3;1-2H,(H2,6,7,8,9,10). The van der Waals surface area contributed by atoms with Crippen LogP contribution in [0.25, 0.3) is 11.0 Å². The normalized spacial score (nSPS) is 13.4. The second-order valence-corrected chi connectivity index (χ2v) is 5.38. The van der Waals surface area contributed by atoms with Crippen molar-refractivity contribution in [3.8, 4) is 0 Å². The Balaban J connectivity index is 0.000000140. The summed E-state index contributed by atoms with van der Waals surface area (Å²) in [6, 6.07) is 10.2. The number of nitrogens with one attached hydrogen (secondary N) is 2. The van der Waals surface area contributed by atoms with E-state index in [2.05, 4.69) is 43.5 Å². The van der Waals surface area contributed by atoms with Gasteiger partial charge in [-0.05, 0) is 11.6 Å². The Morgan fingerprint density at radius 2 is 2.04 bits per heavy atom. The van der Waals surface area contributed by atoms with Crippen LogP contribution in [0.4, 0.5) is 0 Å². The molecule has 4 rings (SSSR count). The molecule has 2 aromatic heterocycles. The summed E-state index contributed by atoms with van der Waals surface area (Å²) >= 11 is 4.92. The molecule has 0 atom stereocenters. The lowest BCUT2D eigenvalue weighted by Crippen LogP contribution is -2.17. The SMILES string of the molecule is CN1C=CC(c2ccccc2)=NC1.S=c1nc[nH]c2[nH]ncc12. The van der Waals surface area contributed by atoms with Crippen molar-refractivity contribution in [1.29, 1.82) is 0 Å². The van der Waals surface area contributed by atoms with E-state index in [1.54, 1.807) is 12.5 Å². The molecule has 1 aliphatic heterocycles. The van der Waals surface area contributed by atoms with Gasteiger partial charge >= 0.3 is 0 Å². The van der Waals surface area contributed by atoms with Gasteiger partial charge in [0.15, 0.2) is 0 Å². The molecule has 7 heteroatoms. The van der Waals surface area contributed by atoms with Gasteiger partial charge in [0.2, 0.25) is 0 Å². The van der Waals surface area contributed by atoms with Gasteiger partial charge < -0.3 is 9.88 Å². The van der Waals surface area contributed by atoms with E-state index in [1.807, 2.05) is 36.2 Å². The molecule has 3 heterocycles. The third kappa shape index (κ3) is 3.70. The largest absolute Gasteiger partial charge is 0.361 e. The van der Waals surface area contributed by atoms with E-state index in [0.717, 1.165) is 23.4 Å². The molecule has 0 fully saturated rings. The van der Waals surface area contributed by atoms with Crippen molar-refractivity contribution in [3.05, 3.63) is 65.3 Å². The Morgan fingerprint density at radius 3 is 2.74 bits per heavy atom. The zero-order valence-corrected chi connectivity index (χ0v) is 13.4. The molecule has 1 aromatic carbocycles. The van der Waals surface area contributed by atoms with Gasteiger partial charge in [0.25, 0.3) is 0 Å². The fraction of sp³-hybridized carbons (Fsp3) is 0.125. The molecule has 0 saturated heterocycles. The molecule has 0 bridgehead atoms. The number of hydrogen-bond donors (Lipinski definition) is 2. The summed E-state index contributed by atoms with van der Waals surface area (Å²) in [4.78, 5) is 13.2. The predicted molar refractivity (Wildman–Crippen MR) is 93.8 cm³/mol. The first-order valence-electron chi connectivity index (χ1n) is 7.09. The lowest BCUT2D eigenvalue weighted by molar-refractivity contribution is 0.469. The van der Waals surface area contributed by atoms with E-state index in [9.17, 15) is 0 Å². The van der Waals surface area contributed by atoms with E-state index in [1.165, 1.54) is 5.56 Å². The minimum absolute atomic E-state index is 0.572. The molecule has 6 nitrogen and oxygen atoms in total. The van der Waals surface area contributed by atoms with Crippen LogP contribution in [-0.2, 0) is 0 Å². The second kappa shape index (κ2) is 6.97. The van der Waals surface area contributed by atoms with Crippen LogP contribution in [0.1, 0.15) is 5.56 Å². The van der Waals surface area contributed by atoms with Gasteiger partial charge in [-0.25, -0.2) is 4.98 Å². The summed E-state index contributed by atoms with van der Waals surface area (Å²) in [5.74, 6) is 0. The third-order valence-corrected chi connectivity index (χ3v) is 3.61. The van der Waals surface area contributed by atoms with Crippen molar-refractivity contribution in [2.75, 3.05) is 13.7 Å². The Labute approximate surface area is 138 Å². The van der Waals surface area contributed by atoms with Crippen molar-refractivity contribution in [2.24, 2.45) is 4.99 Å². The molecule has 116 valence electrons. The summed E-state index contributed by atoms with van der Waals surface area (Å²) in [5, 5.41) is 7.41. The van der Waals surface area contributed by atoms with E-state index >= 15 is 0 Å². The fourth-order valence-electron chi connectivity index (χ4n) is 2.07. The van der Waals surface area contributed by atoms with E-state index in [0.29, 0.717) is 4.64 Å². The Bertz CT molecular complexity index is 893. The van der Waals surface area contributed by atoms with Gasteiger partial charge in [-0.1, -0.05) is 42.5 Å². The summed E-state index contributed by atoms with van der Waals surface area (Å²) in [7, 11) is 2.02. The quantitative estimate of drug-likeness (QED) is 0.675. The van der Waals surface area contributed by atoms with Crippen molar-refractivity contribution in [1.82, 2.24) is 25.1 Å². The highest BCUT2D eigenvalue weighted by atomic mass is 32.1. The molecular formula is C16H16N6S. The molecule has 0 spiro atoms. The van der Waals surface area contributed by atoms with E-state index in [-0.39, 0.29) is 0 Å². The fourth-order valence-corrected chi connectivity index (χ4v) is 2.27. The molecular weight excluding hydrogens is 308 g/mol. The maximum atomic E-state index is 4.92. The highest BCUT2D eigenvalue weighted by Crippen LogP contribution is 2.06. The average Bonchev–Trinajstić information content (AvgIpc) is 3.07. The van der Waals surface area contributed by atoms with Crippen LogP contribution in [0.15, 0.2) is 60.1 Å². The number of allylic oxidation sites excluding steroid dienone is 1. The molecule has 0 saturated carbocycles. The zero-order valence-electron chi connectivity index (χ0n) is 12.6. The molecule has 3 aromatic rings. The smallest absolute Gasteiger partial charge is 0.140 e. The van der Waals surface area contributed by atoms with Crippen molar-refractivity contribution >= 4 is 29.0 Å². The summed E-state index contributed by atoms with van der Waals surface area (Å²) in [5.41, 5.74) is 3.07. The topological polar surface area (TPSA) is 73.0 Å². The molecule has 0 unspecified atom stereocenters. The van der Waals surface area contributed by atoms with Crippen LogP contribution in [0.2, 0.25) is 0 Å². The van der Waals surface area contributed by atoms with Crippen LogP contribution < -0.4 is 0 Å². The van der Waals surface area contributed by atoms with Crippen LogP contribution in [0, 0.1) is 4.64 Å². The highest BCUT2D eigenvalue weighted by molar-refractivity contribution is 7.71. The Morgan fingerprint density at radius 1 is 1.22 bits per heavy atom. The maximum absolute atomic E-state index is 4.92. The molecule has 0 aliphatic carbocycles. The van der Waals surface area contributed by atoms with Gasteiger partial charge in [-0.15, -0.1) is 0 Å². The zero-order chi connectivity index (χ0) is 16.1. The van der Waals surface area contributed by atoms with Crippen molar-refractivity contribution in [3.63, 3.8) is 0 Å². The first-order valence-corrected chi connectivity index (χ1v) is 7.50. The van der Waals surface area contributed by atoms with Gasteiger partial charge in [-0.2, -0.15) is 5.10 Å². The molecule has 1 aliphatic rings. The number of fused-ring (bicyclic) bond motifs is 1. The number of aliphatic imine (C=N–C) groups is 1. The summed E-state index contributed by atoms with van der Waals surface area (Å²) in [6.45, 7) is 0.751. The number of hydrogen-bond acceptors (Lipinski definition) is 5. The Hall–Kier alpha value is -2.80. The number of aromatic amines is 2. The highest BCUT2D eigenvalue weighted by Gasteiger charge is 2.03. The van der Waals surface area contributed by atoms with Gasteiger partial charge in [0, 0.05) is 13.2 Å². The molecule has 23 heavy (non-hydrogen) atoms. The van der Waals surface area contributed by atoms with Crippen LogP contribution in [-0.4, -0.2) is 44.5 Å².